The van der Waals surface area contributed by atoms with Crippen LogP contribution in [-0.4, -0.2) is 31.6 Å². The summed E-state index contributed by atoms with van der Waals surface area (Å²) in [5.74, 6) is -9.62. The van der Waals surface area contributed by atoms with Crippen molar-refractivity contribution in [2.24, 2.45) is 0 Å². The number of carbonyl (C=O) groups excluding carboxylic acids is 2. The maximum atomic E-state index is 14.5. The maximum Gasteiger partial charge on any atom is 0.416 e. The molecule has 0 heterocycles. The lowest BCUT2D eigenvalue weighted by molar-refractivity contribution is -0.174. The van der Waals surface area contributed by atoms with E-state index in [9.17, 15) is 31.5 Å². The lowest BCUT2D eigenvalue weighted by Gasteiger charge is -2.26. The molecule has 0 bridgehead atoms. The van der Waals surface area contributed by atoms with Crippen LogP contribution in [0.3, 0.4) is 0 Å². The fourth-order valence-corrected chi connectivity index (χ4v) is 2.09. The Kier molecular flexibility index (Phi) is 6.28. The topological polar surface area (TPSA) is 52.6 Å². The van der Waals surface area contributed by atoms with Crippen molar-refractivity contribution >= 4 is 11.9 Å². The highest BCUT2D eigenvalue weighted by atomic mass is 19.4. The van der Waals surface area contributed by atoms with Gasteiger partial charge in [0.15, 0.2) is 0 Å². The second-order valence-electron chi connectivity index (χ2n) is 4.91. The second kappa shape index (κ2) is 7.62. The maximum absolute atomic E-state index is 14.5. The van der Waals surface area contributed by atoms with Gasteiger partial charge in [-0.15, -0.1) is 0 Å². The number of alkyl halides is 5. The van der Waals surface area contributed by atoms with Crippen LogP contribution in [0.1, 0.15) is 24.0 Å². The smallest absolute Gasteiger partial charge is 0.416 e. The highest BCUT2D eigenvalue weighted by Gasteiger charge is 2.52. The number of methoxy groups -OCH3 is 1. The summed E-state index contributed by atoms with van der Waals surface area (Å²) in [6, 6.07) is 2.62. The third-order valence-corrected chi connectivity index (χ3v) is 3.28. The first kappa shape index (κ1) is 20.6. The van der Waals surface area contributed by atoms with Crippen molar-refractivity contribution in [3.05, 3.63) is 47.5 Å². The summed E-state index contributed by atoms with van der Waals surface area (Å²) in [4.78, 5) is 23.2. The number of esters is 2. The predicted molar refractivity (Wildman–Crippen MR) is 76.9 cm³/mol. The Morgan fingerprint density at radius 2 is 1.64 bits per heavy atom. The lowest BCUT2D eigenvalue weighted by atomic mass is 9.85. The number of ether oxygens (including phenoxy) is 2. The Morgan fingerprint density at radius 3 is 2.04 bits per heavy atom. The van der Waals surface area contributed by atoms with Crippen molar-refractivity contribution in [2.45, 2.75) is 24.9 Å². The minimum absolute atomic E-state index is 0.348. The second-order valence-corrected chi connectivity index (χ2v) is 4.91. The summed E-state index contributed by atoms with van der Waals surface area (Å²) in [5, 5.41) is 0. The molecule has 1 aromatic rings. The highest BCUT2D eigenvalue weighted by molar-refractivity contribution is 5.92. The standard InChI is InChI=1S/C16H15F5O4/c1-4-25-14(23)15(17,18)12(9(2)13(22)24-3)10-5-7-11(8-6-10)16(19,20)21/h5-8,12H,2,4H2,1,3H3/t12-/m1/s1. The van der Waals surface area contributed by atoms with E-state index in [0.717, 1.165) is 19.2 Å². The summed E-state index contributed by atoms with van der Waals surface area (Å²) in [6.45, 7) is 4.15. The number of benzene rings is 1. The Labute approximate surface area is 140 Å². The molecule has 0 aliphatic rings. The van der Waals surface area contributed by atoms with E-state index in [4.69, 9.17) is 0 Å². The van der Waals surface area contributed by atoms with Gasteiger partial charge in [0.2, 0.25) is 0 Å². The van der Waals surface area contributed by atoms with Gasteiger partial charge in [-0.3, -0.25) is 0 Å². The van der Waals surface area contributed by atoms with Crippen LogP contribution in [0.15, 0.2) is 36.4 Å². The van der Waals surface area contributed by atoms with E-state index in [1.54, 1.807) is 0 Å². The van der Waals surface area contributed by atoms with Gasteiger partial charge in [0, 0.05) is 5.57 Å². The first-order valence-electron chi connectivity index (χ1n) is 6.96. The van der Waals surface area contributed by atoms with Crippen molar-refractivity contribution < 1.29 is 41.0 Å². The predicted octanol–water partition coefficient (Wildman–Crippen LogP) is 3.72. The fraction of sp³-hybridized carbons (Fsp3) is 0.375. The fourth-order valence-electron chi connectivity index (χ4n) is 2.09. The van der Waals surface area contributed by atoms with Gasteiger partial charge in [0.25, 0.3) is 0 Å². The van der Waals surface area contributed by atoms with E-state index in [-0.39, 0.29) is 6.61 Å². The van der Waals surface area contributed by atoms with E-state index in [1.807, 2.05) is 0 Å². The van der Waals surface area contributed by atoms with Crippen LogP contribution in [0.2, 0.25) is 0 Å². The van der Waals surface area contributed by atoms with Crippen molar-refractivity contribution in [1.29, 1.82) is 0 Å². The zero-order chi connectivity index (χ0) is 19.4. The van der Waals surface area contributed by atoms with Gasteiger partial charge in [0.1, 0.15) is 0 Å². The molecule has 0 aliphatic heterocycles. The van der Waals surface area contributed by atoms with Crippen LogP contribution in [0.5, 0.6) is 0 Å². The van der Waals surface area contributed by atoms with Gasteiger partial charge >= 0.3 is 24.0 Å². The molecule has 4 nitrogen and oxygen atoms in total. The first-order chi connectivity index (χ1) is 11.5. The normalized spacial score (nSPS) is 13.1. The van der Waals surface area contributed by atoms with Crippen molar-refractivity contribution in [3.8, 4) is 0 Å². The Hall–Kier alpha value is -2.45. The summed E-state index contributed by atoms with van der Waals surface area (Å²) >= 11 is 0. The zero-order valence-corrected chi connectivity index (χ0v) is 13.3. The van der Waals surface area contributed by atoms with Gasteiger partial charge in [0.05, 0.1) is 25.2 Å². The van der Waals surface area contributed by atoms with Gasteiger partial charge in [-0.1, -0.05) is 18.7 Å². The van der Waals surface area contributed by atoms with Gasteiger partial charge in [-0.2, -0.15) is 22.0 Å². The average Bonchev–Trinajstić information content (AvgIpc) is 2.53. The molecule has 138 valence electrons. The number of hydrogen-bond donors (Lipinski definition) is 0. The average molecular weight is 366 g/mol. The lowest BCUT2D eigenvalue weighted by Crippen LogP contribution is -2.39. The quantitative estimate of drug-likeness (QED) is 0.438. The van der Waals surface area contributed by atoms with Gasteiger partial charge in [-0.05, 0) is 24.6 Å². The van der Waals surface area contributed by atoms with Gasteiger partial charge in [-0.25, -0.2) is 9.59 Å². The number of halogens is 5. The Balaban J connectivity index is 3.39. The number of rotatable bonds is 6. The minimum atomic E-state index is -4.67. The number of carbonyl (C=O) groups is 2. The highest BCUT2D eigenvalue weighted by Crippen LogP contribution is 2.41. The molecule has 1 aromatic carbocycles. The van der Waals surface area contributed by atoms with Crippen LogP contribution in [0.25, 0.3) is 0 Å². The van der Waals surface area contributed by atoms with Crippen molar-refractivity contribution in [1.82, 2.24) is 0 Å². The van der Waals surface area contributed by atoms with Crippen molar-refractivity contribution in [3.63, 3.8) is 0 Å². The SMILES string of the molecule is C=C(C(=O)OC)[C@H](c1ccc(C(F)(F)F)cc1)C(F)(F)C(=O)OCC. The first-order valence-corrected chi connectivity index (χ1v) is 6.96. The molecule has 0 saturated carbocycles. The van der Waals surface area contributed by atoms with Gasteiger partial charge < -0.3 is 9.47 Å². The van der Waals surface area contributed by atoms with E-state index in [0.29, 0.717) is 12.1 Å². The molecule has 0 spiro atoms. The largest absolute Gasteiger partial charge is 0.466 e. The van der Waals surface area contributed by atoms with E-state index >= 15 is 0 Å². The molecule has 0 aliphatic carbocycles. The molecule has 0 amide bonds. The molecule has 1 rings (SSSR count). The Bertz CT molecular complexity index is 649. The monoisotopic (exact) mass is 366 g/mol. The van der Waals surface area contributed by atoms with Crippen LogP contribution >= 0.6 is 0 Å². The molecule has 0 N–H and O–H groups in total. The Morgan fingerprint density at radius 1 is 1.12 bits per heavy atom. The summed E-state index contributed by atoms with van der Waals surface area (Å²) in [5.41, 5.74) is -2.28. The summed E-state index contributed by atoms with van der Waals surface area (Å²) in [7, 11) is 0.916. The van der Waals surface area contributed by atoms with E-state index < -0.39 is 46.7 Å². The number of hydrogen-bond acceptors (Lipinski definition) is 4. The molecule has 9 heteroatoms. The van der Waals surface area contributed by atoms with Crippen LogP contribution in [0, 0.1) is 0 Å². The molecular weight excluding hydrogens is 351 g/mol. The van der Waals surface area contributed by atoms with E-state index in [1.165, 1.54) is 6.92 Å². The van der Waals surface area contributed by atoms with Crippen LogP contribution in [-0.2, 0) is 25.2 Å². The molecule has 0 fully saturated rings. The van der Waals surface area contributed by atoms with Crippen LogP contribution in [0.4, 0.5) is 22.0 Å². The van der Waals surface area contributed by atoms with Crippen molar-refractivity contribution in [2.75, 3.05) is 13.7 Å². The third kappa shape index (κ3) is 4.55. The minimum Gasteiger partial charge on any atom is -0.466 e. The molecule has 0 unspecified atom stereocenters. The third-order valence-electron chi connectivity index (χ3n) is 3.28. The summed E-state index contributed by atoms with van der Waals surface area (Å²) in [6.07, 6.45) is -4.67. The van der Waals surface area contributed by atoms with E-state index in [2.05, 4.69) is 16.1 Å². The molecule has 0 radical (unpaired) electrons. The van der Waals surface area contributed by atoms with Crippen LogP contribution < -0.4 is 0 Å². The molecule has 0 aromatic heterocycles. The molecule has 25 heavy (non-hydrogen) atoms. The summed E-state index contributed by atoms with van der Waals surface area (Å²) < 4.78 is 75.4. The molecule has 1 atom stereocenters. The molecule has 0 saturated heterocycles. The zero-order valence-electron chi connectivity index (χ0n) is 13.3. The molecular formula is C16H15F5O4.